The van der Waals surface area contributed by atoms with Crippen molar-refractivity contribution in [1.82, 2.24) is 0 Å². The van der Waals surface area contributed by atoms with Gasteiger partial charge in [0, 0.05) is 6.92 Å². The Morgan fingerprint density at radius 3 is 2.11 bits per heavy atom. The summed E-state index contributed by atoms with van der Waals surface area (Å²) in [6.45, 7) is 12.6. The van der Waals surface area contributed by atoms with Crippen LogP contribution >= 0.6 is 0 Å². The maximum absolute atomic E-state index is 10.1. The van der Waals surface area contributed by atoms with E-state index in [-0.39, 0.29) is 11.5 Å². The van der Waals surface area contributed by atoms with E-state index in [4.69, 9.17) is 9.90 Å². The molecule has 0 radical (unpaired) electrons. The first-order chi connectivity index (χ1) is 8.09. The van der Waals surface area contributed by atoms with Crippen LogP contribution in [-0.4, -0.2) is 22.3 Å². The molecule has 0 aromatic heterocycles. The van der Waals surface area contributed by atoms with E-state index >= 15 is 0 Å². The fraction of sp³-hybridized carbons (Fsp3) is 0.933. The van der Waals surface area contributed by atoms with Crippen molar-refractivity contribution in [3.63, 3.8) is 0 Å². The van der Waals surface area contributed by atoms with Crippen molar-refractivity contribution in [2.24, 2.45) is 23.2 Å². The third-order valence-corrected chi connectivity index (χ3v) is 4.52. The summed E-state index contributed by atoms with van der Waals surface area (Å²) in [7, 11) is 0. The van der Waals surface area contributed by atoms with Crippen molar-refractivity contribution in [2.45, 2.75) is 66.9 Å². The monoisotopic (exact) mass is 258 g/mol. The molecule has 0 aromatic carbocycles. The maximum Gasteiger partial charge on any atom is 0.300 e. The van der Waals surface area contributed by atoms with Gasteiger partial charge in [-0.15, -0.1) is 0 Å². The van der Waals surface area contributed by atoms with Gasteiger partial charge in [-0.05, 0) is 42.4 Å². The van der Waals surface area contributed by atoms with Gasteiger partial charge < -0.3 is 10.2 Å². The highest BCUT2D eigenvalue weighted by Gasteiger charge is 2.39. The van der Waals surface area contributed by atoms with E-state index in [1.54, 1.807) is 0 Å². The van der Waals surface area contributed by atoms with Crippen LogP contribution in [-0.2, 0) is 4.79 Å². The van der Waals surface area contributed by atoms with Crippen molar-refractivity contribution in [3.8, 4) is 0 Å². The van der Waals surface area contributed by atoms with Gasteiger partial charge in [0.2, 0.25) is 0 Å². The quantitative estimate of drug-likeness (QED) is 0.796. The Balaban J connectivity index is 0.000000631. The molecule has 1 saturated carbocycles. The maximum atomic E-state index is 10.1. The lowest BCUT2D eigenvalue weighted by Gasteiger charge is -2.44. The lowest BCUT2D eigenvalue weighted by atomic mass is 9.62. The van der Waals surface area contributed by atoms with E-state index in [9.17, 15) is 5.11 Å². The molecule has 3 nitrogen and oxygen atoms in total. The standard InChI is InChI=1S/C13H26O.C2H4O2/c1-9(2)13(4,5)11-8-10(3)6-7-12(11)14;1-2(3)4/h9-12,14H,6-8H2,1-5H3;1H3,(H,3,4). The molecule has 0 amide bonds. The number of aliphatic carboxylic acids is 1. The van der Waals surface area contributed by atoms with E-state index in [1.807, 2.05) is 0 Å². The van der Waals surface area contributed by atoms with Crippen LogP contribution in [0.4, 0.5) is 0 Å². The summed E-state index contributed by atoms with van der Waals surface area (Å²) < 4.78 is 0. The first-order valence-corrected chi connectivity index (χ1v) is 6.96. The summed E-state index contributed by atoms with van der Waals surface area (Å²) in [5.74, 6) is 1.10. The minimum Gasteiger partial charge on any atom is -0.481 e. The molecule has 0 bridgehead atoms. The summed E-state index contributed by atoms with van der Waals surface area (Å²) in [5.41, 5.74) is 0.272. The molecule has 108 valence electrons. The average Bonchev–Trinajstić information content (AvgIpc) is 2.20. The smallest absolute Gasteiger partial charge is 0.300 e. The van der Waals surface area contributed by atoms with Gasteiger partial charge in [0.05, 0.1) is 6.10 Å². The van der Waals surface area contributed by atoms with Crippen LogP contribution in [0.1, 0.15) is 60.8 Å². The zero-order valence-electron chi connectivity index (χ0n) is 12.7. The molecule has 0 saturated heterocycles. The van der Waals surface area contributed by atoms with Crippen molar-refractivity contribution in [2.75, 3.05) is 0 Å². The van der Waals surface area contributed by atoms with Gasteiger partial charge in [-0.25, -0.2) is 0 Å². The third-order valence-electron chi connectivity index (χ3n) is 4.52. The third kappa shape index (κ3) is 5.38. The number of carboxylic acids is 1. The fourth-order valence-corrected chi connectivity index (χ4v) is 2.59. The van der Waals surface area contributed by atoms with Gasteiger partial charge in [0.15, 0.2) is 0 Å². The second-order valence-electron chi connectivity index (χ2n) is 6.59. The Hall–Kier alpha value is -0.570. The highest BCUT2D eigenvalue weighted by Crippen LogP contribution is 2.44. The molecular weight excluding hydrogens is 228 g/mol. The first-order valence-electron chi connectivity index (χ1n) is 6.96. The second-order valence-corrected chi connectivity index (χ2v) is 6.59. The lowest BCUT2D eigenvalue weighted by molar-refractivity contribution is -0.134. The average molecular weight is 258 g/mol. The van der Waals surface area contributed by atoms with Crippen molar-refractivity contribution in [3.05, 3.63) is 0 Å². The number of aliphatic hydroxyl groups is 1. The van der Waals surface area contributed by atoms with E-state index in [0.29, 0.717) is 11.8 Å². The molecule has 3 atom stereocenters. The van der Waals surface area contributed by atoms with Crippen LogP contribution in [0, 0.1) is 23.2 Å². The molecule has 1 rings (SSSR count). The Morgan fingerprint density at radius 2 is 1.72 bits per heavy atom. The van der Waals surface area contributed by atoms with Crippen LogP contribution in [0.3, 0.4) is 0 Å². The lowest BCUT2D eigenvalue weighted by Crippen LogP contribution is -2.41. The molecule has 1 aliphatic rings. The number of hydrogen-bond acceptors (Lipinski definition) is 2. The van der Waals surface area contributed by atoms with Crippen LogP contribution < -0.4 is 0 Å². The van der Waals surface area contributed by atoms with Crippen LogP contribution in [0.2, 0.25) is 0 Å². The minimum absolute atomic E-state index is 0.0661. The SMILES string of the molecule is CC(=O)O.CC1CCC(O)C(C(C)(C)C(C)C)C1. The first kappa shape index (κ1) is 17.4. The minimum atomic E-state index is -0.833. The molecule has 1 aliphatic carbocycles. The molecule has 0 aliphatic heterocycles. The Morgan fingerprint density at radius 1 is 1.28 bits per heavy atom. The van der Waals surface area contributed by atoms with Gasteiger partial charge in [0.25, 0.3) is 5.97 Å². The largest absolute Gasteiger partial charge is 0.481 e. The predicted octanol–water partition coefficient (Wildman–Crippen LogP) is 3.56. The zero-order chi connectivity index (χ0) is 14.5. The van der Waals surface area contributed by atoms with E-state index in [1.165, 1.54) is 12.8 Å². The van der Waals surface area contributed by atoms with E-state index < -0.39 is 5.97 Å². The van der Waals surface area contributed by atoms with Gasteiger partial charge >= 0.3 is 0 Å². The number of aliphatic hydroxyl groups excluding tert-OH is 1. The molecule has 0 spiro atoms. The molecule has 3 heteroatoms. The Labute approximate surface area is 112 Å². The zero-order valence-corrected chi connectivity index (χ0v) is 12.7. The fourth-order valence-electron chi connectivity index (χ4n) is 2.59. The van der Waals surface area contributed by atoms with Crippen LogP contribution in [0.5, 0.6) is 0 Å². The van der Waals surface area contributed by atoms with E-state index in [2.05, 4.69) is 34.6 Å². The molecule has 3 unspecified atom stereocenters. The summed E-state index contributed by atoms with van der Waals surface area (Å²) in [6, 6.07) is 0. The van der Waals surface area contributed by atoms with E-state index in [0.717, 1.165) is 19.3 Å². The van der Waals surface area contributed by atoms with Crippen molar-refractivity contribution < 1.29 is 15.0 Å². The molecule has 18 heavy (non-hydrogen) atoms. The van der Waals surface area contributed by atoms with Crippen LogP contribution in [0.25, 0.3) is 0 Å². The van der Waals surface area contributed by atoms with Gasteiger partial charge in [-0.1, -0.05) is 34.6 Å². The molecule has 2 N–H and O–H groups in total. The second kappa shape index (κ2) is 7.13. The number of carbonyl (C=O) groups is 1. The van der Waals surface area contributed by atoms with Gasteiger partial charge in [-0.3, -0.25) is 4.79 Å². The molecule has 0 heterocycles. The Bertz CT molecular complexity index is 254. The molecule has 1 fully saturated rings. The summed E-state index contributed by atoms with van der Waals surface area (Å²) in [6.07, 6.45) is 3.34. The van der Waals surface area contributed by atoms with Gasteiger partial charge in [-0.2, -0.15) is 0 Å². The number of hydrogen-bond donors (Lipinski definition) is 2. The molecule has 0 aromatic rings. The van der Waals surface area contributed by atoms with Crippen LogP contribution in [0.15, 0.2) is 0 Å². The normalized spacial score (nSPS) is 28.6. The summed E-state index contributed by atoms with van der Waals surface area (Å²) >= 11 is 0. The predicted molar refractivity (Wildman–Crippen MR) is 74.4 cm³/mol. The van der Waals surface area contributed by atoms with Crippen molar-refractivity contribution in [1.29, 1.82) is 0 Å². The topological polar surface area (TPSA) is 57.5 Å². The molecular formula is C15H30O3. The number of carboxylic acid groups (broad SMARTS) is 1. The van der Waals surface area contributed by atoms with Gasteiger partial charge in [0.1, 0.15) is 0 Å². The highest BCUT2D eigenvalue weighted by molar-refractivity contribution is 5.62. The summed E-state index contributed by atoms with van der Waals surface area (Å²) in [5, 5.41) is 17.5. The highest BCUT2D eigenvalue weighted by atomic mass is 16.4. The number of rotatable bonds is 2. The summed E-state index contributed by atoms with van der Waals surface area (Å²) in [4.78, 5) is 9.00. The Kier molecular flexibility index (Phi) is 6.90. The van der Waals surface area contributed by atoms with Crippen molar-refractivity contribution >= 4 is 5.97 Å².